The van der Waals surface area contributed by atoms with Gasteiger partial charge in [0.15, 0.2) is 0 Å². The smallest absolute Gasteiger partial charge is 0.412 e. The molecule has 0 fully saturated rings. The topological polar surface area (TPSA) is 98.7 Å². The number of benzene rings is 3. The molecule has 1 heterocycles. The molecule has 0 saturated carbocycles. The Hall–Kier alpha value is -4.51. The van der Waals surface area contributed by atoms with Crippen molar-refractivity contribution in [1.82, 2.24) is 4.57 Å². The number of nitrogens with one attached hydrogen (secondary N) is 2. The van der Waals surface area contributed by atoms with Gasteiger partial charge in [0.2, 0.25) is 5.43 Å². The zero-order chi connectivity index (χ0) is 30.8. The van der Waals surface area contributed by atoms with Gasteiger partial charge in [-0.15, -0.1) is 0 Å². The minimum atomic E-state index is -1.14. The number of amides is 1. The first-order valence-electron chi connectivity index (χ1n) is 12.8. The first-order chi connectivity index (χ1) is 19.8. The number of halogens is 4. The number of hydrogen-bond donors (Lipinski definition) is 2. The van der Waals surface area contributed by atoms with Crippen LogP contribution in [0, 0.1) is 17.5 Å². The van der Waals surface area contributed by atoms with E-state index in [1.807, 2.05) is 6.07 Å². The van der Waals surface area contributed by atoms with Crippen molar-refractivity contribution in [2.45, 2.75) is 39.8 Å². The minimum Gasteiger partial charge on any atom is -0.462 e. The highest BCUT2D eigenvalue weighted by Gasteiger charge is 2.25. The molecule has 0 bridgehead atoms. The van der Waals surface area contributed by atoms with Gasteiger partial charge >= 0.3 is 12.1 Å². The number of anilines is 2. The molecule has 0 aliphatic carbocycles. The van der Waals surface area contributed by atoms with Crippen molar-refractivity contribution in [3.63, 3.8) is 0 Å². The Kier molecular flexibility index (Phi) is 8.81. The third-order valence-electron chi connectivity index (χ3n) is 5.92. The largest absolute Gasteiger partial charge is 0.462 e. The highest BCUT2D eigenvalue weighted by molar-refractivity contribution is 6.38. The number of esters is 1. The average molecular weight is 602 g/mol. The number of nitrogens with zero attached hydrogens (tertiary/aromatic N) is 1. The lowest BCUT2D eigenvalue weighted by atomic mass is 10.1. The first-order valence-corrected chi connectivity index (χ1v) is 13.2. The maximum atomic E-state index is 15.4. The van der Waals surface area contributed by atoms with Crippen LogP contribution in [0.5, 0.6) is 0 Å². The summed E-state index contributed by atoms with van der Waals surface area (Å²) in [4.78, 5) is 38.3. The lowest BCUT2D eigenvalue weighted by Crippen LogP contribution is -2.27. The molecule has 42 heavy (non-hydrogen) atoms. The predicted molar refractivity (Wildman–Crippen MR) is 154 cm³/mol. The highest BCUT2D eigenvalue weighted by atomic mass is 35.5. The molecule has 0 unspecified atom stereocenters. The number of carbonyl (C=O) groups is 2. The van der Waals surface area contributed by atoms with Crippen LogP contribution < -0.4 is 16.1 Å². The zero-order valence-electron chi connectivity index (χ0n) is 23.1. The van der Waals surface area contributed by atoms with Crippen LogP contribution in [0.4, 0.5) is 29.3 Å². The maximum absolute atomic E-state index is 15.4. The van der Waals surface area contributed by atoms with Gasteiger partial charge in [-0.3, -0.25) is 10.1 Å². The van der Waals surface area contributed by atoms with E-state index in [4.69, 9.17) is 21.1 Å². The van der Waals surface area contributed by atoms with Crippen LogP contribution in [0.15, 0.2) is 59.5 Å². The third kappa shape index (κ3) is 6.52. The second-order valence-corrected chi connectivity index (χ2v) is 10.5. The molecule has 12 heteroatoms. The van der Waals surface area contributed by atoms with Crippen molar-refractivity contribution in [3.05, 3.63) is 98.6 Å². The third-order valence-corrected chi connectivity index (χ3v) is 6.29. The molecule has 0 atom stereocenters. The number of hydrogen-bond acceptors (Lipinski definition) is 6. The van der Waals surface area contributed by atoms with Gasteiger partial charge in [-0.05, 0) is 45.4 Å². The van der Waals surface area contributed by atoms with Crippen LogP contribution in [0.25, 0.3) is 16.6 Å². The molecule has 4 aromatic rings. The lowest BCUT2D eigenvalue weighted by Gasteiger charge is -2.21. The summed E-state index contributed by atoms with van der Waals surface area (Å²) in [6.07, 6.45) is -0.0375. The molecule has 0 saturated heterocycles. The van der Waals surface area contributed by atoms with Crippen molar-refractivity contribution < 1.29 is 32.2 Å². The molecule has 0 spiro atoms. The molecule has 2 N–H and O–H groups in total. The molecule has 3 aromatic carbocycles. The van der Waals surface area contributed by atoms with E-state index in [9.17, 15) is 18.8 Å². The predicted octanol–water partition coefficient (Wildman–Crippen LogP) is 7.20. The zero-order valence-corrected chi connectivity index (χ0v) is 23.9. The van der Waals surface area contributed by atoms with Crippen LogP contribution in [-0.4, -0.2) is 28.8 Å². The van der Waals surface area contributed by atoms with Crippen molar-refractivity contribution in [3.8, 4) is 5.69 Å². The van der Waals surface area contributed by atoms with Crippen molar-refractivity contribution in [2.24, 2.45) is 0 Å². The second-order valence-electron chi connectivity index (χ2n) is 10.2. The van der Waals surface area contributed by atoms with E-state index in [1.165, 1.54) is 6.92 Å². The standard InChI is InChI=1S/C30H27ClF3N3O5/c1-5-41-28(39)18-15-37(23-13-22(19(32)12-20(23)33)36-29(40)42-30(2,3)4)26-17(27(18)38)11-21(34)25(24(26)31)35-14-16-9-7-6-8-10-16/h6-13,15,35H,5,14H2,1-4H3,(H,36,40). The van der Waals surface area contributed by atoms with E-state index in [0.29, 0.717) is 6.07 Å². The van der Waals surface area contributed by atoms with Crippen LogP contribution in [-0.2, 0) is 16.0 Å². The minimum absolute atomic E-state index is 0.0807. The quantitative estimate of drug-likeness (QED) is 0.217. The van der Waals surface area contributed by atoms with E-state index in [1.54, 1.807) is 45.0 Å². The summed E-state index contributed by atoms with van der Waals surface area (Å²) in [6, 6.07) is 11.3. The summed E-state index contributed by atoms with van der Waals surface area (Å²) < 4.78 is 56.6. The lowest BCUT2D eigenvalue weighted by molar-refractivity contribution is 0.0523. The van der Waals surface area contributed by atoms with Gasteiger partial charge in [0, 0.05) is 18.8 Å². The van der Waals surface area contributed by atoms with Gasteiger partial charge in [-0.1, -0.05) is 41.9 Å². The molecule has 1 aromatic heterocycles. The van der Waals surface area contributed by atoms with E-state index >= 15 is 8.78 Å². The fourth-order valence-corrected chi connectivity index (χ4v) is 4.49. The molecule has 8 nitrogen and oxygen atoms in total. The van der Waals surface area contributed by atoms with Gasteiger partial charge in [0.1, 0.15) is 28.6 Å². The Morgan fingerprint density at radius 3 is 2.33 bits per heavy atom. The van der Waals surface area contributed by atoms with Gasteiger partial charge < -0.3 is 19.4 Å². The number of carbonyl (C=O) groups excluding carboxylic acids is 2. The summed E-state index contributed by atoms with van der Waals surface area (Å²) in [5.41, 5.74) is -2.83. The molecular formula is C30H27ClF3N3O5. The molecule has 220 valence electrons. The van der Waals surface area contributed by atoms with E-state index in [-0.39, 0.29) is 34.8 Å². The fraction of sp³-hybridized carbons (Fsp3) is 0.233. The Labute approximate surface area is 244 Å². The SMILES string of the molecule is CCOC(=O)c1cn(-c2cc(NC(=O)OC(C)(C)C)c(F)cc2F)c2c(Cl)c(NCc3ccccc3)c(F)cc2c1=O. The molecular weight excluding hydrogens is 575 g/mol. The summed E-state index contributed by atoms with van der Waals surface area (Å²) in [5.74, 6) is -4.21. The second kappa shape index (κ2) is 12.2. The van der Waals surface area contributed by atoms with Crippen LogP contribution >= 0.6 is 11.6 Å². The monoisotopic (exact) mass is 601 g/mol. The normalized spacial score (nSPS) is 11.3. The Bertz CT molecular complexity index is 1740. The Morgan fingerprint density at radius 1 is 1.00 bits per heavy atom. The summed E-state index contributed by atoms with van der Waals surface area (Å²) in [5, 5.41) is 4.44. The molecule has 4 rings (SSSR count). The summed E-state index contributed by atoms with van der Waals surface area (Å²) in [6.45, 7) is 6.41. The molecule has 0 aliphatic heterocycles. The van der Waals surface area contributed by atoms with Crippen LogP contribution in [0.2, 0.25) is 5.02 Å². The van der Waals surface area contributed by atoms with Gasteiger partial charge in [0.25, 0.3) is 0 Å². The number of aromatic nitrogens is 1. The van der Waals surface area contributed by atoms with Gasteiger partial charge in [-0.2, -0.15) is 0 Å². The van der Waals surface area contributed by atoms with E-state index in [0.717, 1.165) is 28.5 Å². The number of ether oxygens (including phenoxy) is 2. The summed E-state index contributed by atoms with van der Waals surface area (Å²) >= 11 is 6.65. The van der Waals surface area contributed by atoms with E-state index < -0.39 is 57.5 Å². The molecule has 1 amide bonds. The van der Waals surface area contributed by atoms with E-state index in [2.05, 4.69) is 10.6 Å². The Balaban J connectivity index is 1.95. The molecule has 0 radical (unpaired) electrons. The first kappa shape index (κ1) is 30.4. The fourth-order valence-electron chi connectivity index (χ4n) is 4.14. The Morgan fingerprint density at radius 2 is 1.69 bits per heavy atom. The number of rotatable bonds is 7. The van der Waals surface area contributed by atoms with Gasteiger partial charge in [-0.25, -0.2) is 22.8 Å². The average Bonchev–Trinajstić information content (AvgIpc) is 2.90. The van der Waals surface area contributed by atoms with Crippen LogP contribution in [0.3, 0.4) is 0 Å². The number of pyridine rings is 1. The summed E-state index contributed by atoms with van der Waals surface area (Å²) in [7, 11) is 0. The molecule has 0 aliphatic rings. The van der Waals surface area contributed by atoms with Crippen molar-refractivity contribution >= 4 is 45.9 Å². The maximum Gasteiger partial charge on any atom is 0.412 e. The van der Waals surface area contributed by atoms with Crippen molar-refractivity contribution in [1.29, 1.82) is 0 Å². The van der Waals surface area contributed by atoms with Crippen LogP contribution in [0.1, 0.15) is 43.6 Å². The van der Waals surface area contributed by atoms with Gasteiger partial charge in [0.05, 0.1) is 39.6 Å². The number of fused-ring (bicyclic) bond motifs is 1. The van der Waals surface area contributed by atoms with Crippen molar-refractivity contribution in [2.75, 3.05) is 17.2 Å². The highest BCUT2D eigenvalue weighted by Crippen LogP contribution is 2.36.